The summed E-state index contributed by atoms with van der Waals surface area (Å²) in [5, 5.41) is 12.8. The van der Waals surface area contributed by atoms with Crippen LogP contribution in [0.1, 0.15) is 0 Å². The minimum Gasteiger partial charge on any atom is -0.507 e. The van der Waals surface area contributed by atoms with E-state index >= 15 is 0 Å². The molecule has 0 aliphatic rings. The van der Waals surface area contributed by atoms with Gasteiger partial charge in [-0.2, -0.15) is 0 Å². The number of hydrogen-bond donors (Lipinski definition) is 1. The Kier molecular flexibility index (Phi) is 5.28. The van der Waals surface area contributed by atoms with Gasteiger partial charge in [0.15, 0.2) is 5.82 Å². The first-order chi connectivity index (χ1) is 17.3. The number of phenols is 1. The van der Waals surface area contributed by atoms with Gasteiger partial charge in [-0.1, -0.05) is 115 Å². The standard InChI is InChI=1S/C32H22N2O/c35-30-20-19-22-9-7-8-14-27(22)31(30)25-17-15-24(16-18-25)29-21-28(23-10-3-1-4-11-23)33-32(34-29)26-12-5-2-6-13-26/h1-21,35H. The smallest absolute Gasteiger partial charge is 0.160 e. The summed E-state index contributed by atoms with van der Waals surface area (Å²) in [6.45, 7) is 0. The quantitative estimate of drug-likeness (QED) is 0.296. The van der Waals surface area contributed by atoms with Crippen LogP contribution in [0.5, 0.6) is 5.75 Å². The maximum absolute atomic E-state index is 10.7. The third-order valence-corrected chi connectivity index (χ3v) is 6.20. The largest absolute Gasteiger partial charge is 0.507 e. The van der Waals surface area contributed by atoms with E-state index in [2.05, 4.69) is 30.3 Å². The molecule has 0 amide bonds. The molecule has 3 heteroatoms. The van der Waals surface area contributed by atoms with Crippen molar-refractivity contribution in [2.24, 2.45) is 0 Å². The molecule has 0 saturated heterocycles. The molecule has 1 heterocycles. The molecule has 5 aromatic carbocycles. The molecular formula is C32H22N2O. The lowest BCUT2D eigenvalue weighted by Gasteiger charge is -2.12. The van der Waals surface area contributed by atoms with Crippen molar-refractivity contribution in [2.75, 3.05) is 0 Å². The van der Waals surface area contributed by atoms with Gasteiger partial charge in [-0.05, 0) is 28.5 Å². The van der Waals surface area contributed by atoms with Gasteiger partial charge >= 0.3 is 0 Å². The predicted octanol–water partition coefficient (Wildman–Crippen LogP) is 8.00. The van der Waals surface area contributed by atoms with Gasteiger partial charge in [-0.3, -0.25) is 0 Å². The predicted molar refractivity (Wildman–Crippen MR) is 143 cm³/mol. The van der Waals surface area contributed by atoms with E-state index in [0.717, 1.165) is 50.0 Å². The van der Waals surface area contributed by atoms with Gasteiger partial charge in [0.1, 0.15) is 5.75 Å². The zero-order chi connectivity index (χ0) is 23.6. The van der Waals surface area contributed by atoms with Crippen LogP contribution < -0.4 is 0 Å². The van der Waals surface area contributed by atoms with Crippen molar-refractivity contribution in [3.63, 3.8) is 0 Å². The van der Waals surface area contributed by atoms with E-state index in [-0.39, 0.29) is 5.75 Å². The Morgan fingerprint density at radius 3 is 1.69 bits per heavy atom. The van der Waals surface area contributed by atoms with E-state index in [1.54, 1.807) is 6.07 Å². The first-order valence-electron chi connectivity index (χ1n) is 11.6. The molecule has 0 unspecified atom stereocenters. The summed E-state index contributed by atoms with van der Waals surface area (Å²) >= 11 is 0. The number of aromatic nitrogens is 2. The first kappa shape index (κ1) is 20.8. The lowest BCUT2D eigenvalue weighted by atomic mass is 9.96. The van der Waals surface area contributed by atoms with Gasteiger partial charge in [-0.15, -0.1) is 0 Å². The van der Waals surface area contributed by atoms with E-state index in [1.165, 1.54) is 0 Å². The Morgan fingerprint density at radius 2 is 1.00 bits per heavy atom. The van der Waals surface area contributed by atoms with E-state index in [1.807, 2.05) is 91.0 Å². The number of nitrogens with zero attached hydrogens (tertiary/aromatic N) is 2. The zero-order valence-corrected chi connectivity index (χ0v) is 19.0. The molecule has 0 radical (unpaired) electrons. The van der Waals surface area contributed by atoms with Crippen LogP contribution in [0, 0.1) is 0 Å². The van der Waals surface area contributed by atoms with Crippen molar-refractivity contribution in [1.82, 2.24) is 9.97 Å². The number of benzene rings is 5. The molecule has 1 N–H and O–H groups in total. The number of fused-ring (bicyclic) bond motifs is 1. The lowest BCUT2D eigenvalue weighted by molar-refractivity contribution is 0.478. The van der Waals surface area contributed by atoms with Crippen molar-refractivity contribution in [3.8, 4) is 50.8 Å². The lowest BCUT2D eigenvalue weighted by Crippen LogP contribution is -1.95. The van der Waals surface area contributed by atoms with Gasteiger partial charge in [0.05, 0.1) is 11.4 Å². The molecule has 35 heavy (non-hydrogen) atoms. The van der Waals surface area contributed by atoms with Crippen LogP contribution in [0.3, 0.4) is 0 Å². The second kappa shape index (κ2) is 8.88. The molecule has 0 aliphatic carbocycles. The summed E-state index contributed by atoms with van der Waals surface area (Å²) in [7, 11) is 0. The summed E-state index contributed by atoms with van der Waals surface area (Å²) in [6.07, 6.45) is 0. The van der Waals surface area contributed by atoms with Crippen LogP contribution in [0.2, 0.25) is 0 Å². The summed E-state index contributed by atoms with van der Waals surface area (Å²) in [4.78, 5) is 9.77. The van der Waals surface area contributed by atoms with Crippen molar-refractivity contribution < 1.29 is 5.11 Å². The fraction of sp³-hybridized carbons (Fsp3) is 0. The van der Waals surface area contributed by atoms with E-state index in [4.69, 9.17) is 9.97 Å². The van der Waals surface area contributed by atoms with E-state index in [0.29, 0.717) is 5.82 Å². The monoisotopic (exact) mass is 450 g/mol. The van der Waals surface area contributed by atoms with Crippen LogP contribution in [-0.4, -0.2) is 15.1 Å². The van der Waals surface area contributed by atoms with Gasteiger partial charge in [-0.25, -0.2) is 9.97 Å². The second-order valence-electron chi connectivity index (χ2n) is 8.45. The Bertz CT molecular complexity index is 1570. The molecule has 3 nitrogen and oxygen atoms in total. The second-order valence-corrected chi connectivity index (χ2v) is 8.45. The normalized spacial score (nSPS) is 11.0. The van der Waals surface area contributed by atoms with Crippen LogP contribution in [-0.2, 0) is 0 Å². The van der Waals surface area contributed by atoms with Crippen LogP contribution in [0.15, 0.2) is 127 Å². The fourth-order valence-electron chi connectivity index (χ4n) is 4.44. The summed E-state index contributed by atoms with van der Waals surface area (Å²) in [6, 6.07) is 42.3. The van der Waals surface area contributed by atoms with Crippen molar-refractivity contribution in [2.45, 2.75) is 0 Å². The van der Waals surface area contributed by atoms with Crippen molar-refractivity contribution >= 4 is 10.8 Å². The minimum atomic E-state index is 0.274. The average molecular weight is 451 g/mol. The highest BCUT2D eigenvalue weighted by Gasteiger charge is 2.13. The van der Waals surface area contributed by atoms with E-state index in [9.17, 15) is 5.11 Å². The zero-order valence-electron chi connectivity index (χ0n) is 19.0. The summed E-state index contributed by atoms with van der Waals surface area (Å²) in [5.74, 6) is 0.967. The van der Waals surface area contributed by atoms with Gasteiger partial charge in [0, 0.05) is 22.3 Å². The number of phenolic OH excluding ortho intramolecular Hbond substituents is 1. The Morgan fingerprint density at radius 1 is 0.457 bits per heavy atom. The maximum Gasteiger partial charge on any atom is 0.160 e. The maximum atomic E-state index is 10.7. The van der Waals surface area contributed by atoms with E-state index < -0.39 is 0 Å². The Labute approximate surface area is 204 Å². The molecule has 0 saturated carbocycles. The number of rotatable bonds is 4. The third kappa shape index (κ3) is 4.04. The molecule has 0 fully saturated rings. The highest BCUT2D eigenvalue weighted by atomic mass is 16.3. The first-order valence-corrected chi connectivity index (χ1v) is 11.6. The molecule has 166 valence electrons. The summed E-state index contributed by atoms with van der Waals surface area (Å²) < 4.78 is 0. The molecule has 0 atom stereocenters. The summed E-state index contributed by atoms with van der Waals surface area (Å²) in [5.41, 5.74) is 6.55. The van der Waals surface area contributed by atoms with Crippen molar-refractivity contribution in [3.05, 3.63) is 127 Å². The Hall–Kier alpha value is -4.76. The molecule has 6 aromatic rings. The van der Waals surface area contributed by atoms with Crippen LogP contribution in [0.25, 0.3) is 55.8 Å². The van der Waals surface area contributed by atoms with Gasteiger partial charge in [0.2, 0.25) is 0 Å². The average Bonchev–Trinajstić information content (AvgIpc) is 2.94. The molecular weight excluding hydrogens is 428 g/mol. The fourth-order valence-corrected chi connectivity index (χ4v) is 4.44. The van der Waals surface area contributed by atoms with Gasteiger partial charge in [0.25, 0.3) is 0 Å². The molecule has 0 bridgehead atoms. The molecule has 6 rings (SSSR count). The topological polar surface area (TPSA) is 46.0 Å². The third-order valence-electron chi connectivity index (χ3n) is 6.20. The van der Waals surface area contributed by atoms with Crippen molar-refractivity contribution in [1.29, 1.82) is 0 Å². The van der Waals surface area contributed by atoms with Crippen LogP contribution >= 0.6 is 0 Å². The Balaban J connectivity index is 1.47. The number of aromatic hydroxyl groups is 1. The molecule has 0 spiro atoms. The molecule has 1 aromatic heterocycles. The number of hydrogen-bond acceptors (Lipinski definition) is 3. The minimum absolute atomic E-state index is 0.274. The highest BCUT2D eigenvalue weighted by Crippen LogP contribution is 2.37. The van der Waals surface area contributed by atoms with Crippen LogP contribution in [0.4, 0.5) is 0 Å². The van der Waals surface area contributed by atoms with Gasteiger partial charge < -0.3 is 5.11 Å². The SMILES string of the molecule is Oc1ccc2ccccc2c1-c1ccc(-c2cc(-c3ccccc3)nc(-c3ccccc3)n2)cc1. The highest BCUT2D eigenvalue weighted by molar-refractivity contribution is 5.99. The molecule has 0 aliphatic heterocycles.